The molecule has 7 nitrogen and oxygen atoms in total. The first-order valence-electron chi connectivity index (χ1n) is 9.81. The van der Waals surface area contributed by atoms with E-state index >= 15 is 0 Å². The number of rotatable bonds is 5. The van der Waals surface area contributed by atoms with Gasteiger partial charge in [-0.15, -0.1) is 0 Å². The fourth-order valence-corrected chi connectivity index (χ4v) is 5.36. The molecule has 4 rings (SSSR count). The van der Waals surface area contributed by atoms with E-state index < -0.39 is 22.0 Å². The number of benzene rings is 2. The number of aryl methyl sites for hydroxylation is 2. The number of hydrogen-bond donors (Lipinski definition) is 2. The summed E-state index contributed by atoms with van der Waals surface area (Å²) in [5, 5.41) is 5.46. The Morgan fingerprint density at radius 1 is 1.17 bits per heavy atom. The van der Waals surface area contributed by atoms with E-state index in [0.717, 1.165) is 28.3 Å². The Morgan fingerprint density at radius 3 is 2.67 bits per heavy atom. The fourth-order valence-electron chi connectivity index (χ4n) is 3.91. The van der Waals surface area contributed by atoms with Crippen LogP contribution in [0.1, 0.15) is 35.6 Å². The summed E-state index contributed by atoms with van der Waals surface area (Å²) in [4.78, 5) is 25.3. The maximum Gasteiger partial charge on any atom is 0.264 e. The van der Waals surface area contributed by atoms with Crippen LogP contribution in [0.2, 0.25) is 0 Å². The first kappa shape index (κ1) is 20.2. The van der Waals surface area contributed by atoms with Gasteiger partial charge in [-0.1, -0.05) is 42.0 Å². The van der Waals surface area contributed by atoms with Crippen LogP contribution in [0.15, 0.2) is 65.8 Å². The topological polar surface area (TPSA) is 95.6 Å². The molecule has 2 amide bonds. The highest BCUT2D eigenvalue weighted by Gasteiger charge is 2.37. The van der Waals surface area contributed by atoms with Crippen LogP contribution in [-0.4, -0.2) is 30.6 Å². The van der Waals surface area contributed by atoms with E-state index in [0.29, 0.717) is 0 Å². The molecule has 2 aromatic rings. The van der Waals surface area contributed by atoms with E-state index in [1.54, 1.807) is 12.1 Å². The van der Waals surface area contributed by atoms with E-state index in [-0.39, 0.29) is 23.3 Å². The molecule has 0 saturated carbocycles. The molecule has 0 saturated heterocycles. The van der Waals surface area contributed by atoms with E-state index in [4.69, 9.17) is 0 Å². The summed E-state index contributed by atoms with van der Waals surface area (Å²) in [6.07, 6.45) is 3.96. The largest absolute Gasteiger partial charge is 0.349 e. The van der Waals surface area contributed by atoms with Crippen molar-refractivity contribution in [3.8, 4) is 0 Å². The first-order valence-corrected chi connectivity index (χ1v) is 11.2. The van der Waals surface area contributed by atoms with Gasteiger partial charge in [-0.2, -0.15) is 0 Å². The zero-order valence-electron chi connectivity index (χ0n) is 16.5. The Bertz CT molecular complexity index is 1110. The molecule has 0 aromatic heterocycles. The molecule has 2 aliphatic rings. The standard InChI is InChI=1S/C22H23N3O4S/c1-15-6-9-17(10-7-15)30(28,29)25-13-12-23-22(27)20(25)14-21(26)24-19-11-8-16-4-2-3-5-18(16)19/h2-7,9-10,12-13,19-20H,8,11,14H2,1H3,(H,23,27)(H,24,26)/t19-,20+/m0/s1. The number of hydrogen-bond acceptors (Lipinski definition) is 4. The molecule has 2 aromatic carbocycles. The van der Waals surface area contributed by atoms with E-state index in [2.05, 4.69) is 10.6 Å². The summed E-state index contributed by atoms with van der Waals surface area (Å²) in [7, 11) is -3.98. The van der Waals surface area contributed by atoms with Crippen molar-refractivity contribution in [3.63, 3.8) is 0 Å². The molecule has 2 atom stereocenters. The average molecular weight is 426 g/mol. The number of nitrogens with one attached hydrogen (secondary N) is 2. The summed E-state index contributed by atoms with van der Waals surface area (Å²) in [6.45, 7) is 1.86. The summed E-state index contributed by atoms with van der Waals surface area (Å²) in [6, 6.07) is 13.0. The molecule has 0 unspecified atom stereocenters. The highest BCUT2D eigenvalue weighted by Crippen LogP contribution is 2.31. The van der Waals surface area contributed by atoms with Gasteiger partial charge < -0.3 is 10.6 Å². The number of fused-ring (bicyclic) bond motifs is 1. The molecule has 156 valence electrons. The number of nitrogens with zero attached hydrogens (tertiary/aromatic N) is 1. The highest BCUT2D eigenvalue weighted by atomic mass is 32.2. The van der Waals surface area contributed by atoms with Crippen LogP contribution < -0.4 is 10.6 Å². The van der Waals surface area contributed by atoms with Crippen LogP contribution in [0, 0.1) is 6.92 Å². The third-order valence-electron chi connectivity index (χ3n) is 5.50. The van der Waals surface area contributed by atoms with Gasteiger partial charge in [0.2, 0.25) is 11.8 Å². The van der Waals surface area contributed by atoms with Gasteiger partial charge in [-0.25, -0.2) is 8.42 Å². The van der Waals surface area contributed by atoms with Crippen molar-refractivity contribution in [2.45, 2.75) is 43.2 Å². The molecule has 0 spiro atoms. The maximum absolute atomic E-state index is 13.1. The number of carbonyl (C=O) groups excluding carboxylic acids is 2. The predicted octanol–water partition coefficient (Wildman–Crippen LogP) is 2.15. The lowest BCUT2D eigenvalue weighted by molar-refractivity contribution is -0.129. The molecule has 0 fully saturated rings. The van der Waals surface area contributed by atoms with Crippen molar-refractivity contribution in [1.29, 1.82) is 0 Å². The number of carbonyl (C=O) groups is 2. The highest BCUT2D eigenvalue weighted by molar-refractivity contribution is 7.89. The van der Waals surface area contributed by atoms with Gasteiger partial charge in [-0.05, 0) is 43.0 Å². The zero-order valence-corrected chi connectivity index (χ0v) is 17.4. The predicted molar refractivity (Wildman–Crippen MR) is 112 cm³/mol. The smallest absolute Gasteiger partial charge is 0.264 e. The third-order valence-corrected chi connectivity index (χ3v) is 7.30. The lowest BCUT2D eigenvalue weighted by Gasteiger charge is -2.31. The Morgan fingerprint density at radius 2 is 1.90 bits per heavy atom. The van der Waals surface area contributed by atoms with Crippen LogP contribution in [0.3, 0.4) is 0 Å². The summed E-state index contributed by atoms with van der Waals surface area (Å²) < 4.78 is 27.2. The minimum absolute atomic E-state index is 0.0718. The van der Waals surface area contributed by atoms with Crippen molar-refractivity contribution in [1.82, 2.24) is 14.9 Å². The van der Waals surface area contributed by atoms with Crippen molar-refractivity contribution >= 4 is 21.8 Å². The molecule has 0 radical (unpaired) electrons. The second-order valence-electron chi connectivity index (χ2n) is 7.55. The van der Waals surface area contributed by atoms with E-state index in [9.17, 15) is 18.0 Å². The monoisotopic (exact) mass is 425 g/mol. The Kier molecular flexibility index (Phi) is 5.34. The average Bonchev–Trinajstić information content (AvgIpc) is 3.12. The molecule has 1 aliphatic carbocycles. The van der Waals surface area contributed by atoms with Gasteiger partial charge >= 0.3 is 0 Å². The fraction of sp³-hybridized carbons (Fsp3) is 0.273. The summed E-state index contributed by atoms with van der Waals surface area (Å²) >= 11 is 0. The van der Waals surface area contributed by atoms with Crippen molar-refractivity contribution < 1.29 is 18.0 Å². The lowest BCUT2D eigenvalue weighted by Crippen LogP contribution is -2.51. The molecule has 30 heavy (non-hydrogen) atoms. The second-order valence-corrected chi connectivity index (χ2v) is 9.39. The molecule has 1 heterocycles. The van der Waals surface area contributed by atoms with Gasteiger partial charge in [0.15, 0.2) is 0 Å². The summed E-state index contributed by atoms with van der Waals surface area (Å²) in [5.74, 6) is -0.897. The molecular weight excluding hydrogens is 402 g/mol. The Hall–Kier alpha value is -3.13. The molecule has 1 aliphatic heterocycles. The first-order chi connectivity index (χ1) is 14.4. The van der Waals surface area contributed by atoms with Gasteiger partial charge in [0, 0.05) is 12.4 Å². The van der Waals surface area contributed by atoms with Gasteiger partial charge in [0.1, 0.15) is 6.04 Å². The molecular formula is C22H23N3O4S. The van der Waals surface area contributed by atoms with Crippen LogP contribution in [0.25, 0.3) is 0 Å². The zero-order chi connectivity index (χ0) is 21.3. The second kappa shape index (κ2) is 7.95. The molecule has 0 bridgehead atoms. The quantitative estimate of drug-likeness (QED) is 0.767. The van der Waals surface area contributed by atoms with Gasteiger partial charge in [0.25, 0.3) is 10.0 Å². The molecule has 8 heteroatoms. The van der Waals surface area contributed by atoms with E-state index in [1.165, 1.54) is 30.1 Å². The van der Waals surface area contributed by atoms with Crippen molar-refractivity contribution in [2.75, 3.05) is 0 Å². The van der Waals surface area contributed by atoms with Crippen LogP contribution in [-0.2, 0) is 26.0 Å². The minimum atomic E-state index is -3.98. The number of sulfonamides is 1. The van der Waals surface area contributed by atoms with Crippen LogP contribution in [0.4, 0.5) is 0 Å². The van der Waals surface area contributed by atoms with Crippen LogP contribution >= 0.6 is 0 Å². The number of amides is 2. The Balaban J connectivity index is 1.53. The maximum atomic E-state index is 13.1. The minimum Gasteiger partial charge on any atom is -0.349 e. The SMILES string of the molecule is Cc1ccc(S(=O)(=O)N2C=CNC(=O)[C@H]2CC(=O)N[C@H]2CCc3ccccc32)cc1. The van der Waals surface area contributed by atoms with E-state index in [1.807, 2.05) is 31.2 Å². The van der Waals surface area contributed by atoms with Gasteiger partial charge in [0.05, 0.1) is 17.4 Å². The Labute approximate surface area is 175 Å². The lowest BCUT2D eigenvalue weighted by atomic mass is 10.1. The molecule has 2 N–H and O–H groups in total. The summed E-state index contributed by atoms with van der Waals surface area (Å²) in [5.41, 5.74) is 3.20. The van der Waals surface area contributed by atoms with Gasteiger partial charge in [-0.3, -0.25) is 13.9 Å². The normalized spacial score (nSPS) is 20.6. The van der Waals surface area contributed by atoms with Crippen LogP contribution in [0.5, 0.6) is 0 Å². The van der Waals surface area contributed by atoms with Crippen molar-refractivity contribution in [2.24, 2.45) is 0 Å². The third kappa shape index (κ3) is 3.82. The van der Waals surface area contributed by atoms with Crippen molar-refractivity contribution in [3.05, 3.63) is 77.6 Å².